The predicted octanol–water partition coefficient (Wildman–Crippen LogP) is 2.78. The number of hydrogen-bond acceptors (Lipinski definition) is 6. The first kappa shape index (κ1) is 18.3. The van der Waals surface area contributed by atoms with Crippen molar-refractivity contribution in [3.8, 4) is 11.3 Å². The van der Waals surface area contributed by atoms with Gasteiger partial charge >= 0.3 is 0 Å². The van der Waals surface area contributed by atoms with Crippen molar-refractivity contribution in [1.29, 1.82) is 0 Å². The predicted molar refractivity (Wildman–Crippen MR) is 104 cm³/mol. The quantitative estimate of drug-likeness (QED) is 0.678. The van der Waals surface area contributed by atoms with Gasteiger partial charge in [-0.1, -0.05) is 0 Å². The molecule has 3 aromatic rings. The summed E-state index contributed by atoms with van der Waals surface area (Å²) < 4.78 is 20.8. The van der Waals surface area contributed by atoms with E-state index >= 15 is 0 Å². The Morgan fingerprint density at radius 3 is 2.69 bits per heavy atom. The van der Waals surface area contributed by atoms with E-state index in [1.165, 1.54) is 12.1 Å². The fourth-order valence-corrected chi connectivity index (χ4v) is 4.07. The summed E-state index contributed by atoms with van der Waals surface area (Å²) in [5.41, 5.74) is 1.75. The maximum atomic E-state index is 13.2. The van der Waals surface area contributed by atoms with Gasteiger partial charge in [0.05, 0.1) is 18.8 Å². The minimum Gasteiger partial charge on any atom is -0.372 e. The molecule has 1 aromatic carbocycles. The lowest BCUT2D eigenvalue weighted by Crippen LogP contribution is -2.34. The number of likely N-dealkylation sites (tertiary alicyclic amines) is 1. The Labute approximate surface area is 168 Å². The van der Waals surface area contributed by atoms with Gasteiger partial charge in [-0.25, -0.2) is 14.4 Å². The molecule has 4 heterocycles. The van der Waals surface area contributed by atoms with Crippen molar-refractivity contribution < 1.29 is 9.13 Å². The van der Waals surface area contributed by atoms with Gasteiger partial charge in [0, 0.05) is 24.2 Å². The number of aromatic nitrogens is 5. The van der Waals surface area contributed by atoms with E-state index in [9.17, 15) is 4.39 Å². The van der Waals surface area contributed by atoms with E-state index in [1.54, 1.807) is 18.3 Å². The van der Waals surface area contributed by atoms with E-state index in [0.717, 1.165) is 74.4 Å². The van der Waals surface area contributed by atoms with Crippen LogP contribution in [0.1, 0.15) is 36.2 Å². The highest BCUT2D eigenvalue weighted by Crippen LogP contribution is 2.28. The molecule has 2 aliphatic rings. The molecule has 0 atom stereocenters. The molecule has 2 aliphatic heterocycles. The number of piperidine rings is 1. The van der Waals surface area contributed by atoms with Gasteiger partial charge in [-0.2, -0.15) is 0 Å². The molecule has 29 heavy (non-hydrogen) atoms. The van der Waals surface area contributed by atoms with E-state index in [-0.39, 0.29) is 5.82 Å². The van der Waals surface area contributed by atoms with Crippen LogP contribution in [0.5, 0.6) is 0 Å². The van der Waals surface area contributed by atoms with Gasteiger partial charge < -0.3 is 9.30 Å². The highest BCUT2D eigenvalue weighted by molar-refractivity contribution is 5.58. The fraction of sp³-hybridized carbons (Fsp3) is 0.429. The molecule has 0 bridgehead atoms. The van der Waals surface area contributed by atoms with Crippen molar-refractivity contribution in [1.82, 2.24) is 29.6 Å². The summed E-state index contributed by atoms with van der Waals surface area (Å²) in [6.45, 7) is 4.88. The Balaban J connectivity index is 1.23. The molecule has 2 aromatic heterocycles. The van der Waals surface area contributed by atoms with Gasteiger partial charge in [-0.3, -0.25) is 4.90 Å². The van der Waals surface area contributed by atoms with Crippen molar-refractivity contribution in [3.63, 3.8) is 0 Å². The van der Waals surface area contributed by atoms with Crippen LogP contribution in [-0.2, 0) is 24.4 Å². The first-order valence-electron chi connectivity index (χ1n) is 10.1. The molecule has 5 rings (SSSR count). The van der Waals surface area contributed by atoms with Gasteiger partial charge in [0.1, 0.15) is 24.1 Å². The highest BCUT2D eigenvalue weighted by atomic mass is 19.1. The van der Waals surface area contributed by atoms with Crippen LogP contribution in [0.4, 0.5) is 4.39 Å². The average molecular weight is 394 g/mol. The number of benzene rings is 1. The third-order valence-electron chi connectivity index (χ3n) is 5.73. The summed E-state index contributed by atoms with van der Waals surface area (Å²) in [4.78, 5) is 11.7. The van der Waals surface area contributed by atoms with E-state index < -0.39 is 0 Å². The van der Waals surface area contributed by atoms with E-state index in [1.807, 2.05) is 6.07 Å². The molecule has 1 saturated heterocycles. The summed E-state index contributed by atoms with van der Waals surface area (Å²) >= 11 is 0. The number of ether oxygens (including phenoxy) is 1. The molecule has 7 nitrogen and oxygen atoms in total. The van der Waals surface area contributed by atoms with Crippen LogP contribution in [0.25, 0.3) is 11.3 Å². The minimum atomic E-state index is -0.239. The van der Waals surface area contributed by atoms with Crippen LogP contribution in [0.2, 0.25) is 0 Å². The zero-order valence-electron chi connectivity index (χ0n) is 16.2. The Bertz CT molecular complexity index is 981. The van der Waals surface area contributed by atoms with Crippen LogP contribution in [0.3, 0.4) is 0 Å². The SMILES string of the molecule is Fc1ccc(-c2ccnc(C3CCN(Cc4nnc5n4CCOC5)CC3)n2)cc1. The first-order valence-corrected chi connectivity index (χ1v) is 10.1. The smallest absolute Gasteiger partial charge is 0.159 e. The summed E-state index contributed by atoms with van der Waals surface area (Å²) in [7, 11) is 0. The average Bonchev–Trinajstić information content (AvgIpc) is 3.18. The molecule has 0 N–H and O–H groups in total. The molecular formula is C21H23FN6O. The molecule has 0 aliphatic carbocycles. The Morgan fingerprint density at radius 2 is 1.86 bits per heavy atom. The molecular weight excluding hydrogens is 371 g/mol. The van der Waals surface area contributed by atoms with Gasteiger partial charge in [0.25, 0.3) is 0 Å². The molecule has 150 valence electrons. The normalized spacial score (nSPS) is 18.0. The maximum absolute atomic E-state index is 13.2. The topological polar surface area (TPSA) is 69.0 Å². The standard InChI is InChI=1S/C21H23FN6O/c22-17-3-1-15(2-4-17)18-5-8-23-21(24-18)16-6-9-27(10-7-16)13-19-25-26-20-14-29-12-11-28(19)20/h1-5,8,16H,6-7,9-14H2. The van der Waals surface area contributed by atoms with Gasteiger partial charge in [0.15, 0.2) is 5.82 Å². The zero-order chi connectivity index (χ0) is 19.6. The number of hydrogen-bond donors (Lipinski definition) is 0. The second kappa shape index (κ2) is 7.96. The molecule has 8 heteroatoms. The largest absolute Gasteiger partial charge is 0.372 e. The van der Waals surface area contributed by atoms with Crippen LogP contribution >= 0.6 is 0 Å². The minimum absolute atomic E-state index is 0.239. The lowest BCUT2D eigenvalue weighted by Gasteiger charge is -2.31. The lowest BCUT2D eigenvalue weighted by molar-refractivity contribution is 0.0792. The molecule has 0 unspecified atom stereocenters. The van der Waals surface area contributed by atoms with E-state index in [2.05, 4.69) is 24.6 Å². The number of halogens is 1. The van der Waals surface area contributed by atoms with Crippen molar-refractivity contribution >= 4 is 0 Å². The molecule has 0 spiro atoms. The Kier molecular flexibility index (Phi) is 5.03. The van der Waals surface area contributed by atoms with Crippen LogP contribution in [-0.4, -0.2) is 49.3 Å². The summed E-state index contributed by atoms with van der Waals surface area (Å²) in [5, 5.41) is 8.61. The molecule has 0 radical (unpaired) electrons. The van der Waals surface area contributed by atoms with Gasteiger partial charge in [-0.15, -0.1) is 10.2 Å². The second-order valence-corrected chi connectivity index (χ2v) is 7.59. The fourth-order valence-electron chi connectivity index (χ4n) is 4.07. The third kappa shape index (κ3) is 3.90. The van der Waals surface area contributed by atoms with Crippen LogP contribution in [0, 0.1) is 5.82 Å². The van der Waals surface area contributed by atoms with Crippen molar-refractivity contribution in [3.05, 3.63) is 59.8 Å². The van der Waals surface area contributed by atoms with Gasteiger partial charge in [-0.05, 0) is 56.3 Å². The van der Waals surface area contributed by atoms with Crippen molar-refractivity contribution in [2.45, 2.75) is 38.5 Å². The first-order chi connectivity index (χ1) is 14.3. The number of nitrogens with zero attached hydrogens (tertiary/aromatic N) is 6. The zero-order valence-corrected chi connectivity index (χ0v) is 16.2. The Morgan fingerprint density at radius 1 is 1.03 bits per heavy atom. The number of rotatable bonds is 4. The van der Waals surface area contributed by atoms with Crippen molar-refractivity contribution in [2.24, 2.45) is 0 Å². The van der Waals surface area contributed by atoms with E-state index in [0.29, 0.717) is 12.5 Å². The lowest BCUT2D eigenvalue weighted by atomic mass is 9.95. The van der Waals surface area contributed by atoms with Crippen LogP contribution < -0.4 is 0 Å². The van der Waals surface area contributed by atoms with Crippen molar-refractivity contribution in [2.75, 3.05) is 19.7 Å². The van der Waals surface area contributed by atoms with Gasteiger partial charge in [0.2, 0.25) is 0 Å². The Hall–Kier alpha value is -2.71. The third-order valence-corrected chi connectivity index (χ3v) is 5.73. The monoisotopic (exact) mass is 394 g/mol. The summed E-state index contributed by atoms with van der Waals surface area (Å²) in [5.74, 6) is 2.93. The maximum Gasteiger partial charge on any atom is 0.159 e. The van der Waals surface area contributed by atoms with E-state index in [4.69, 9.17) is 9.72 Å². The molecule has 0 saturated carbocycles. The molecule has 0 amide bonds. The number of fused-ring (bicyclic) bond motifs is 1. The summed E-state index contributed by atoms with van der Waals surface area (Å²) in [6.07, 6.45) is 3.83. The second-order valence-electron chi connectivity index (χ2n) is 7.59. The molecule has 1 fully saturated rings. The summed E-state index contributed by atoms with van der Waals surface area (Å²) in [6, 6.07) is 8.32. The highest BCUT2D eigenvalue weighted by Gasteiger charge is 2.25. The van der Waals surface area contributed by atoms with Crippen LogP contribution in [0.15, 0.2) is 36.5 Å².